The number of carbonyl (C=O) groups is 1. The molecule has 6 nitrogen and oxygen atoms in total. The lowest BCUT2D eigenvalue weighted by Gasteiger charge is -2.23. The number of H-pyrrole nitrogens is 1. The van der Waals surface area contributed by atoms with E-state index in [0.29, 0.717) is 0 Å². The maximum Gasteiger partial charge on any atom is 0.271 e. The van der Waals surface area contributed by atoms with Crippen molar-refractivity contribution in [1.29, 1.82) is 0 Å². The second-order valence-electron chi connectivity index (χ2n) is 3.79. The van der Waals surface area contributed by atoms with Gasteiger partial charge < -0.3 is 15.6 Å². The number of nitrogens with one attached hydrogen (secondary N) is 3. The second-order valence-corrected chi connectivity index (χ2v) is 3.79. The van der Waals surface area contributed by atoms with Crippen LogP contribution in [0.25, 0.3) is 0 Å². The molecule has 0 saturated carbocycles. The average Bonchev–Trinajstić information content (AvgIpc) is 2.31. The van der Waals surface area contributed by atoms with Gasteiger partial charge in [0.2, 0.25) is 0 Å². The van der Waals surface area contributed by atoms with E-state index in [1.807, 2.05) is 0 Å². The van der Waals surface area contributed by atoms with Crippen molar-refractivity contribution in [2.24, 2.45) is 0 Å². The minimum Gasteiger partial charge on any atom is -0.348 e. The lowest BCUT2D eigenvalue weighted by Crippen LogP contribution is -2.43. The summed E-state index contributed by atoms with van der Waals surface area (Å²) in [6, 6.07) is 0.197. The van der Waals surface area contributed by atoms with Crippen LogP contribution >= 0.6 is 0 Å². The minimum absolute atomic E-state index is 0.197. The number of aromatic nitrogens is 2. The van der Waals surface area contributed by atoms with Crippen LogP contribution in [-0.4, -0.2) is 35.0 Å². The van der Waals surface area contributed by atoms with E-state index in [1.165, 1.54) is 6.20 Å². The molecule has 1 aromatic heterocycles. The molecule has 2 heterocycles. The van der Waals surface area contributed by atoms with Gasteiger partial charge in [-0.05, 0) is 25.9 Å². The number of hydrogen-bond acceptors (Lipinski definition) is 4. The third kappa shape index (κ3) is 2.66. The predicted octanol–water partition coefficient (Wildman–Crippen LogP) is -0.748. The Bertz CT molecular complexity index is 403. The topological polar surface area (TPSA) is 86.9 Å². The minimum atomic E-state index is -0.307. The zero-order chi connectivity index (χ0) is 11.4. The first-order chi connectivity index (χ1) is 7.75. The van der Waals surface area contributed by atoms with Gasteiger partial charge in [0.15, 0.2) is 0 Å². The molecule has 0 spiro atoms. The molecule has 0 atom stereocenters. The summed E-state index contributed by atoms with van der Waals surface area (Å²) in [5, 5.41) is 6.11. The summed E-state index contributed by atoms with van der Waals surface area (Å²) in [6.07, 6.45) is 4.29. The van der Waals surface area contributed by atoms with E-state index in [2.05, 4.69) is 20.6 Å². The van der Waals surface area contributed by atoms with Crippen LogP contribution < -0.4 is 16.2 Å². The maximum absolute atomic E-state index is 11.7. The zero-order valence-corrected chi connectivity index (χ0v) is 8.82. The highest BCUT2D eigenvalue weighted by atomic mass is 16.2. The van der Waals surface area contributed by atoms with Gasteiger partial charge in [-0.2, -0.15) is 0 Å². The highest BCUT2D eigenvalue weighted by Crippen LogP contribution is 2.02. The van der Waals surface area contributed by atoms with E-state index >= 15 is 0 Å². The molecule has 16 heavy (non-hydrogen) atoms. The van der Waals surface area contributed by atoms with E-state index in [1.54, 1.807) is 0 Å². The Morgan fingerprint density at radius 1 is 1.44 bits per heavy atom. The highest BCUT2D eigenvalue weighted by Gasteiger charge is 2.16. The van der Waals surface area contributed by atoms with Gasteiger partial charge in [-0.1, -0.05) is 0 Å². The fourth-order valence-corrected chi connectivity index (χ4v) is 1.69. The molecule has 1 fully saturated rings. The number of rotatable bonds is 2. The maximum atomic E-state index is 11.7. The van der Waals surface area contributed by atoms with Crippen LogP contribution in [0.2, 0.25) is 0 Å². The van der Waals surface area contributed by atoms with Crippen molar-refractivity contribution in [1.82, 2.24) is 20.6 Å². The number of piperidine rings is 1. The van der Waals surface area contributed by atoms with Crippen molar-refractivity contribution in [2.45, 2.75) is 18.9 Å². The zero-order valence-electron chi connectivity index (χ0n) is 8.82. The van der Waals surface area contributed by atoms with Gasteiger partial charge in [0.25, 0.3) is 11.5 Å². The van der Waals surface area contributed by atoms with E-state index < -0.39 is 0 Å². The SMILES string of the molecule is O=C(NC1CCNCC1)c1c[nH]c(=O)cn1. The summed E-state index contributed by atoms with van der Waals surface area (Å²) < 4.78 is 0. The van der Waals surface area contributed by atoms with Gasteiger partial charge in [-0.3, -0.25) is 9.59 Å². The number of hydrogen-bond donors (Lipinski definition) is 3. The van der Waals surface area contributed by atoms with Crippen LogP contribution in [0.3, 0.4) is 0 Å². The van der Waals surface area contributed by atoms with Gasteiger partial charge in [0, 0.05) is 12.2 Å². The summed E-state index contributed by atoms with van der Waals surface area (Å²) in [7, 11) is 0. The normalized spacial score (nSPS) is 17.0. The standard InChI is InChI=1S/C10H14N4O2/c15-9-6-12-8(5-13-9)10(16)14-7-1-3-11-4-2-7/h5-7,11H,1-4H2,(H,13,15)(H,14,16). The molecule has 0 aliphatic carbocycles. The largest absolute Gasteiger partial charge is 0.348 e. The van der Waals surface area contributed by atoms with Gasteiger partial charge in [0.05, 0.1) is 6.20 Å². The van der Waals surface area contributed by atoms with Crippen molar-refractivity contribution in [3.63, 3.8) is 0 Å². The molecule has 1 aliphatic heterocycles. The molecule has 0 bridgehead atoms. The lowest BCUT2D eigenvalue weighted by atomic mass is 10.1. The number of aromatic amines is 1. The van der Waals surface area contributed by atoms with Crippen molar-refractivity contribution in [3.05, 3.63) is 28.4 Å². The average molecular weight is 222 g/mol. The summed E-state index contributed by atoms with van der Waals surface area (Å²) in [5.74, 6) is -0.233. The molecule has 86 valence electrons. The Morgan fingerprint density at radius 3 is 2.81 bits per heavy atom. The van der Waals surface area contributed by atoms with Crippen molar-refractivity contribution in [3.8, 4) is 0 Å². The summed E-state index contributed by atoms with van der Waals surface area (Å²) in [6.45, 7) is 1.84. The molecule has 1 amide bonds. The number of carbonyl (C=O) groups excluding carboxylic acids is 1. The quantitative estimate of drug-likeness (QED) is 0.614. The Kier molecular flexibility index (Phi) is 3.31. The van der Waals surface area contributed by atoms with Crippen LogP contribution in [0.15, 0.2) is 17.2 Å². The van der Waals surface area contributed by atoms with Crippen molar-refractivity contribution >= 4 is 5.91 Å². The summed E-state index contributed by atoms with van der Waals surface area (Å²) >= 11 is 0. The van der Waals surface area contributed by atoms with E-state index in [9.17, 15) is 9.59 Å². The van der Waals surface area contributed by atoms with Crippen LogP contribution in [0.5, 0.6) is 0 Å². The first-order valence-corrected chi connectivity index (χ1v) is 5.32. The predicted molar refractivity (Wildman–Crippen MR) is 58.2 cm³/mol. The third-order valence-corrected chi connectivity index (χ3v) is 2.58. The molecular weight excluding hydrogens is 208 g/mol. The fourth-order valence-electron chi connectivity index (χ4n) is 1.69. The van der Waals surface area contributed by atoms with Crippen LogP contribution in [0, 0.1) is 0 Å². The highest BCUT2D eigenvalue weighted by molar-refractivity contribution is 5.92. The first kappa shape index (κ1) is 10.8. The number of amides is 1. The Labute approximate surface area is 92.5 Å². The van der Waals surface area contributed by atoms with Gasteiger partial charge in [0.1, 0.15) is 5.69 Å². The smallest absolute Gasteiger partial charge is 0.271 e. The molecule has 0 unspecified atom stereocenters. The Hall–Kier alpha value is -1.69. The van der Waals surface area contributed by atoms with Crippen LogP contribution in [0.1, 0.15) is 23.3 Å². The molecule has 0 radical (unpaired) electrons. The van der Waals surface area contributed by atoms with Crippen LogP contribution in [0.4, 0.5) is 0 Å². The second kappa shape index (κ2) is 4.89. The Balaban J connectivity index is 1.96. The van der Waals surface area contributed by atoms with Gasteiger partial charge in [-0.15, -0.1) is 0 Å². The Morgan fingerprint density at radius 2 is 2.19 bits per heavy atom. The summed E-state index contributed by atoms with van der Waals surface area (Å²) in [4.78, 5) is 28.7. The van der Waals surface area contributed by atoms with E-state index in [-0.39, 0.29) is 23.2 Å². The molecule has 6 heteroatoms. The van der Waals surface area contributed by atoms with Gasteiger partial charge in [-0.25, -0.2) is 4.98 Å². The first-order valence-electron chi connectivity index (χ1n) is 5.32. The molecular formula is C10H14N4O2. The molecule has 1 aromatic rings. The lowest BCUT2D eigenvalue weighted by molar-refractivity contribution is 0.0924. The van der Waals surface area contributed by atoms with Crippen LogP contribution in [-0.2, 0) is 0 Å². The molecule has 0 aromatic carbocycles. The fraction of sp³-hybridized carbons (Fsp3) is 0.500. The third-order valence-electron chi connectivity index (χ3n) is 2.58. The summed E-state index contributed by atoms with van der Waals surface area (Å²) in [5.41, 5.74) is -0.0588. The van der Waals surface area contributed by atoms with E-state index in [4.69, 9.17) is 0 Å². The van der Waals surface area contributed by atoms with Crippen molar-refractivity contribution in [2.75, 3.05) is 13.1 Å². The molecule has 1 saturated heterocycles. The molecule has 1 aliphatic rings. The van der Waals surface area contributed by atoms with Crippen molar-refractivity contribution < 1.29 is 4.79 Å². The molecule has 3 N–H and O–H groups in total. The monoisotopic (exact) mass is 222 g/mol. The number of nitrogens with zero attached hydrogens (tertiary/aromatic N) is 1. The van der Waals surface area contributed by atoms with E-state index in [0.717, 1.165) is 32.1 Å². The van der Waals surface area contributed by atoms with Gasteiger partial charge >= 0.3 is 0 Å². The molecule has 2 rings (SSSR count).